The third kappa shape index (κ3) is 13.7. The molecule has 0 amide bonds. The zero-order valence-corrected chi connectivity index (χ0v) is 29.7. The summed E-state index contributed by atoms with van der Waals surface area (Å²) >= 11 is 0. The van der Waals surface area contributed by atoms with Crippen LogP contribution in [0.3, 0.4) is 0 Å². The number of benzene rings is 4. The molecule has 4 aromatic carbocycles. The SMILES string of the molecule is COc1cc(/C=C/CCOCCCCCCN(CC(=O)c2ccc(OCc3ccccc3)c(NS(C)(=O)=O)c2)Cc2ccccc2)ccc1O. The largest absolute Gasteiger partial charge is 0.504 e. The van der Waals surface area contributed by atoms with Crippen LogP contribution in [-0.4, -0.2) is 63.9 Å². The Balaban J connectivity index is 1.25. The van der Waals surface area contributed by atoms with Gasteiger partial charge in [-0.25, -0.2) is 8.42 Å². The number of Topliss-reactive ketones (excluding diaryl/α,β-unsaturated/α-hetero) is 1. The Bertz CT molecular complexity index is 1760. The lowest BCUT2D eigenvalue weighted by Crippen LogP contribution is -2.30. The number of nitrogens with zero attached hydrogens (tertiary/aromatic N) is 1. The first kappa shape index (κ1) is 38.2. The third-order valence-corrected chi connectivity index (χ3v) is 8.50. The van der Waals surface area contributed by atoms with Gasteiger partial charge in [-0.3, -0.25) is 14.4 Å². The average Bonchev–Trinajstić information content (AvgIpc) is 3.10. The highest BCUT2D eigenvalue weighted by molar-refractivity contribution is 7.92. The standard InChI is InChI=1S/C40H48N2O7S/c1-47-40-27-32(20-22-37(40)43)15-11-14-26-48-25-13-4-3-12-24-42(29-33-16-7-5-8-17-33)30-38(44)35-21-23-39(36(28-35)41-50(2,45)46)49-31-34-18-9-6-10-19-34/h5-11,15-23,27-28,41,43H,3-4,12-14,24-26,29-31H2,1-2H3/b15-11+. The van der Waals surface area contributed by atoms with Crippen molar-refractivity contribution in [3.05, 3.63) is 125 Å². The molecule has 0 saturated heterocycles. The van der Waals surface area contributed by atoms with Crippen LogP contribution in [-0.2, 0) is 27.9 Å². The second-order valence-corrected chi connectivity index (χ2v) is 13.9. The Labute approximate surface area is 296 Å². The van der Waals surface area contributed by atoms with Crippen LogP contribution in [0.15, 0.2) is 103 Å². The van der Waals surface area contributed by atoms with Gasteiger partial charge in [0.15, 0.2) is 17.3 Å². The minimum Gasteiger partial charge on any atom is -0.504 e. The molecular formula is C40H48N2O7S. The summed E-state index contributed by atoms with van der Waals surface area (Å²) in [6.45, 7) is 3.18. The maximum Gasteiger partial charge on any atom is 0.229 e. The van der Waals surface area contributed by atoms with Gasteiger partial charge in [-0.2, -0.15) is 0 Å². The first-order valence-corrected chi connectivity index (χ1v) is 18.8. The van der Waals surface area contributed by atoms with E-state index in [0.717, 1.165) is 61.6 Å². The van der Waals surface area contributed by atoms with Gasteiger partial charge in [-0.1, -0.05) is 91.7 Å². The van der Waals surface area contributed by atoms with Crippen molar-refractivity contribution in [1.29, 1.82) is 0 Å². The summed E-state index contributed by atoms with van der Waals surface area (Å²) in [4.78, 5) is 15.7. The van der Waals surface area contributed by atoms with Crippen molar-refractivity contribution in [2.75, 3.05) is 44.4 Å². The zero-order valence-electron chi connectivity index (χ0n) is 28.9. The molecule has 0 atom stereocenters. The first-order valence-electron chi connectivity index (χ1n) is 16.9. The number of phenolic OH excluding ortho intramolecular Hbond substituents is 1. The lowest BCUT2D eigenvalue weighted by Gasteiger charge is -2.22. The number of hydrogen-bond donors (Lipinski definition) is 2. The topological polar surface area (TPSA) is 114 Å². The maximum absolute atomic E-state index is 13.6. The van der Waals surface area contributed by atoms with E-state index in [0.29, 0.717) is 36.8 Å². The normalized spacial score (nSPS) is 11.6. The van der Waals surface area contributed by atoms with Crippen molar-refractivity contribution in [2.24, 2.45) is 0 Å². The van der Waals surface area contributed by atoms with Crippen LogP contribution in [0.2, 0.25) is 0 Å². The highest BCUT2D eigenvalue weighted by Crippen LogP contribution is 2.29. The van der Waals surface area contributed by atoms with Crippen molar-refractivity contribution < 1.29 is 32.5 Å². The summed E-state index contributed by atoms with van der Waals surface area (Å²) in [6, 6.07) is 29.8. The van der Waals surface area contributed by atoms with E-state index < -0.39 is 10.0 Å². The van der Waals surface area contributed by atoms with Gasteiger partial charge in [0.1, 0.15) is 12.4 Å². The Hall–Kier alpha value is -4.64. The Morgan fingerprint density at radius 1 is 0.840 bits per heavy atom. The van der Waals surface area contributed by atoms with E-state index >= 15 is 0 Å². The molecule has 4 aromatic rings. The highest BCUT2D eigenvalue weighted by atomic mass is 32.2. The Morgan fingerprint density at radius 2 is 1.56 bits per heavy atom. The van der Waals surface area contributed by atoms with Gasteiger partial charge in [0.05, 0.1) is 32.2 Å². The molecule has 50 heavy (non-hydrogen) atoms. The fourth-order valence-electron chi connectivity index (χ4n) is 5.36. The van der Waals surface area contributed by atoms with E-state index in [4.69, 9.17) is 14.2 Å². The number of ketones is 1. The molecule has 0 unspecified atom stereocenters. The van der Waals surface area contributed by atoms with Gasteiger partial charge >= 0.3 is 0 Å². The molecule has 0 aliphatic carbocycles. The summed E-state index contributed by atoms with van der Waals surface area (Å²) in [6.07, 6.45) is 9.85. The fourth-order valence-corrected chi connectivity index (χ4v) is 5.92. The molecule has 0 aliphatic rings. The third-order valence-electron chi connectivity index (χ3n) is 7.91. The number of ether oxygens (including phenoxy) is 3. The molecule has 0 radical (unpaired) electrons. The number of nitrogens with one attached hydrogen (secondary N) is 1. The molecule has 0 aliphatic heterocycles. The molecule has 266 valence electrons. The number of unbranched alkanes of at least 4 members (excludes halogenated alkanes) is 3. The lowest BCUT2D eigenvalue weighted by molar-refractivity contribution is 0.0923. The molecule has 2 N–H and O–H groups in total. The van der Waals surface area contributed by atoms with Gasteiger partial charge in [-0.15, -0.1) is 0 Å². The number of hydrogen-bond acceptors (Lipinski definition) is 8. The van der Waals surface area contributed by atoms with Crippen LogP contribution >= 0.6 is 0 Å². The van der Waals surface area contributed by atoms with Crippen LogP contribution in [0.25, 0.3) is 6.08 Å². The van der Waals surface area contributed by atoms with Gasteiger partial charge < -0.3 is 19.3 Å². The number of sulfonamides is 1. The van der Waals surface area contributed by atoms with Crippen LogP contribution in [0.1, 0.15) is 59.2 Å². The van der Waals surface area contributed by atoms with Crippen molar-refractivity contribution in [3.8, 4) is 17.2 Å². The molecule has 0 spiro atoms. The predicted molar refractivity (Wildman–Crippen MR) is 199 cm³/mol. The van der Waals surface area contributed by atoms with E-state index in [1.807, 2.05) is 66.7 Å². The summed E-state index contributed by atoms with van der Waals surface area (Å²) in [5.41, 5.74) is 3.67. The number of rotatable bonds is 22. The summed E-state index contributed by atoms with van der Waals surface area (Å²) < 4.78 is 43.7. The fraction of sp³-hybridized carbons (Fsp3) is 0.325. The molecule has 0 fully saturated rings. The van der Waals surface area contributed by atoms with E-state index in [1.54, 1.807) is 30.3 Å². The van der Waals surface area contributed by atoms with Crippen LogP contribution in [0.5, 0.6) is 17.2 Å². The van der Waals surface area contributed by atoms with E-state index in [-0.39, 0.29) is 30.4 Å². The van der Waals surface area contributed by atoms with E-state index in [2.05, 4.69) is 21.8 Å². The van der Waals surface area contributed by atoms with Gasteiger partial charge in [0.25, 0.3) is 0 Å². The number of carbonyl (C=O) groups is 1. The molecule has 4 rings (SSSR count). The first-order chi connectivity index (χ1) is 24.2. The summed E-state index contributed by atoms with van der Waals surface area (Å²) in [7, 11) is -2.07. The highest BCUT2D eigenvalue weighted by Gasteiger charge is 2.17. The average molecular weight is 701 g/mol. The number of aromatic hydroxyl groups is 1. The Morgan fingerprint density at radius 3 is 2.28 bits per heavy atom. The molecule has 0 saturated carbocycles. The van der Waals surface area contributed by atoms with Gasteiger partial charge in [-0.05, 0) is 72.8 Å². The van der Waals surface area contributed by atoms with Crippen molar-refractivity contribution in [1.82, 2.24) is 4.90 Å². The van der Waals surface area contributed by atoms with Crippen molar-refractivity contribution >= 4 is 27.6 Å². The second kappa shape index (κ2) is 20.1. The maximum atomic E-state index is 13.6. The zero-order chi connectivity index (χ0) is 35.6. The quantitative estimate of drug-likeness (QED) is 0.0633. The van der Waals surface area contributed by atoms with E-state index in [1.165, 1.54) is 7.11 Å². The van der Waals surface area contributed by atoms with Crippen molar-refractivity contribution in [2.45, 2.75) is 45.3 Å². The minimum atomic E-state index is -3.61. The van der Waals surface area contributed by atoms with Crippen LogP contribution in [0.4, 0.5) is 5.69 Å². The minimum absolute atomic E-state index is 0.0981. The number of carbonyl (C=O) groups excluding carboxylic acids is 1. The monoisotopic (exact) mass is 700 g/mol. The molecule has 0 heterocycles. The number of methoxy groups -OCH3 is 1. The predicted octanol–water partition coefficient (Wildman–Crippen LogP) is 7.72. The second-order valence-electron chi connectivity index (χ2n) is 12.1. The number of anilines is 1. The van der Waals surface area contributed by atoms with Gasteiger partial charge in [0, 0.05) is 18.7 Å². The number of phenols is 1. The van der Waals surface area contributed by atoms with Gasteiger partial charge in [0.2, 0.25) is 10.0 Å². The van der Waals surface area contributed by atoms with Crippen LogP contribution in [0, 0.1) is 0 Å². The molecular weight excluding hydrogens is 653 g/mol. The molecule has 0 aromatic heterocycles. The molecule has 0 bridgehead atoms. The Kier molecular flexibility index (Phi) is 15.4. The van der Waals surface area contributed by atoms with E-state index in [9.17, 15) is 18.3 Å². The summed E-state index contributed by atoms with van der Waals surface area (Å²) in [5, 5.41) is 9.72. The van der Waals surface area contributed by atoms with Crippen molar-refractivity contribution in [3.63, 3.8) is 0 Å². The van der Waals surface area contributed by atoms with Crippen LogP contribution < -0.4 is 14.2 Å². The molecule has 10 heteroatoms. The molecule has 9 nitrogen and oxygen atoms in total. The summed E-state index contributed by atoms with van der Waals surface area (Å²) in [5.74, 6) is 0.829. The smallest absolute Gasteiger partial charge is 0.229 e. The lowest BCUT2D eigenvalue weighted by atomic mass is 10.1.